The van der Waals surface area contributed by atoms with Gasteiger partial charge in [-0.3, -0.25) is 4.90 Å². The molecular formula is C15H18F3NO2. The summed E-state index contributed by atoms with van der Waals surface area (Å²) in [4.78, 5) is 11.9. The first-order valence-corrected chi connectivity index (χ1v) is 6.49. The van der Waals surface area contributed by atoms with Crippen molar-refractivity contribution in [1.29, 1.82) is 0 Å². The van der Waals surface area contributed by atoms with E-state index in [1.807, 2.05) is 0 Å². The van der Waals surface area contributed by atoms with Crippen LogP contribution in [0.5, 0.6) is 0 Å². The van der Waals surface area contributed by atoms with Crippen LogP contribution in [0.2, 0.25) is 0 Å². The van der Waals surface area contributed by atoms with Gasteiger partial charge in [-0.2, -0.15) is 13.2 Å². The second-order valence-electron chi connectivity index (χ2n) is 4.98. The fraction of sp³-hybridized carbons (Fsp3) is 0.400. The fourth-order valence-electron chi connectivity index (χ4n) is 1.87. The monoisotopic (exact) mass is 301 g/mol. The molecule has 1 aromatic carbocycles. The highest BCUT2D eigenvalue weighted by Gasteiger charge is 2.31. The molecule has 0 aliphatic heterocycles. The molecule has 116 valence electrons. The zero-order chi connectivity index (χ0) is 16.0. The van der Waals surface area contributed by atoms with Gasteiger partial charge in [0.2, 0.25) is 0 Å². The standard InChI is InChI=1S/C15H18F3NO2/c1-11(2)19(10-15(16,17)18)9-13-6-4-3-5-12(13)7-8-14(20)21/h3-8,11H,9-10H2,1-2H3,(H,20,21). The minimum atomic E-state index is -4.27. The lowest BCUT2D eigenvalue weighted by molar-refractivity contribution is -0.150. The lowest BCUT2D eigenvalue weighted by Gasteiger charge is -2.28. The molecule has 0 radical (unpaired) electrons. The van der Waals surface area contributed by atoms with Crippen molar-refractivity contribution < 1.29 is 23.1 Å². The smallest absolute Gasteiger partial charge is 0.401 e. The van der Waals surface area contributed by atoms with Crippen LogP contribution in [-0.4, -0.2) is 34.7 Å². The molecule has 21 heavy (non-hydrogen) atoms. The highest BCUT2D eigenvalue weighted by atomic mass is 19.4. The first-order chi connectivity index (χ1) is 9.69. The molecule has 0 aromatic heterocycles. The van der Waals surface area contributed by atoms with Crippen LogP contribution in [0.25, 0.3) is 6.08 Å². The predicted molar refractivity (Wildman–Crippen MR) is 74.7 cm³/mol. The number of benzene rings is 1. The van der Waals surface area contributed by atoms with Crippen molar-refractivity contribution in [3.05, 3.63) is 41.5 Å². The Bertz CT molecular complexity index is 510. The van der Waals surface area contributed by atoms with Gasteiger partial charge in [0, 0.05) is 18.7 Å². The highest BCUT2D eigenvalue weighted by Crippen LogP contribution is 2.21. The summed E-state index contributed by atoms with van der Waals surface area (Å²) >= 11 is 0. The van der Waals surface area contributed by atoms with E-state index in [1.54, 1.807) is 38.1 Å². The van der Waals surface area contributed by atoms with Gasteiger partial charge in [-0.05, 0) is 31.1 Å². The molecule has 1 N–H and O–H groups in total. The van der Waals surface area contributed by atoms with E-state index in [0.29, 0.717) is 11.1 Å². The third kappa shape index (κ3) is 6.44. The van der Waals surface area contributed by atoms with Crippen LogP contribution >= 0.6 is 0 Å². The Hall–Kier alpha value is -1.82. The summed E-state index contributed by atoms with van der Waals surface area (Å²) < 4.78 is 37.8. The summed E-state index contributed by atoms with van der Waals surface area (Å²) in [5, 5.41) is 8.64. The maximum absolute atomic E-state index is 12.6. The molecule has 1 rings (SSSR count). The fourth-order valence-corrected chi connectivity index (χ4v) is 1.87. The third-order valence-electron chi connectivity index (χ3n) is 2.95. The minimum Gasteiger partial charge on any atom is -0.478 e. The Balaban J connectivity index is 2.96. The zero-order valence-corrected chi connectivity index (χ0v) is 11.9. The van der Waals surface area contributed by atoms with Gasteiger partial charge >= 0.3 is 12.1 Å². The van der Waals surface area contributed by atoms with Gasteiger partial charge < -0.3 is 5.11 Å². The molecule has 1 aromatic rings. The first-order valence-electron chi connectivity index (χ1n) is 6.49. The maximum atomic E-state index is 12.6. The largest absolute Gasteiger partial charge is 0.478 e. The molecular weight excluding hydrogens is 283 g/mol. The van der Waals surface area contributed by atoms with Crippen molar-refractivity contribution in [2.75, 3.05) is 6.54 Å². The molecule has 0 saturated carbocycles. The number of halogens is 3. The number of aliphatic carboxylic acids is 1. The van der Waals surface area contributed by atoms with Crippen molar-refractivity contribution in [3.63, 3.8) is 0 Å². The lowest BCUT2D eigenvalue weighted by atomic mass is 10.1. The molecule has 0 unspecified atom stereocenters. The van der Waals surface area contributed by atoms with Gasteiger partial charge in [0.05, 0.1) is 6.54 Å². The van der Waals surface area contributed by atoms with Crippen molar-refractivity contribution >= 4 is 12.0 Å². The maximum Gasteiger partial charge on any atom is 0.401 e. The van der Waals surface area contributed by atoms with Crippen LogP contribution in [0.3, 0.4) is 0 Å². The Labute approximate surface area is 121 Å². The summed E-state index contributed by atoms with van der Waals surface area (Å²) in [5.41, 5.74) is 1.26. The predicted octanol–water partition coefficient (Wildman–Crippen LogP) is 3.56. The minimum absolute atomic E-state index is 0.108. The molecule has 0 aliphatic rings. The molecule has 0 bridgehead atoms. The quantitative estimate of drug-likeness (QED) is 0.817. The van der Waals surface area contributed by atoms with E-state index < -0.39 is 18.7 Å². The van der Waals surface area contributed by atoms with E-state index in [2.05, 4.69) is 0 Å². The number of rotatable bonds is 6. The Kier molecular flexibility index (Phi) is 5.96. The Morgan fingerprint density at radius 2 is 1.95 bits per heavy atom. The van der Waals surface area contributed by atoms with Gasteiger partial charge in [-0.15, -0.1) is 0 Å². The number of hydrogen-bond donors (Lipinski definition) is 1. The van der Waals surface area contributed by atoms with Crippen LogP contribution in [0.15, 0.2) is 30.3 Å². The molecule has 0 spiro atoms. The average molecular weight is 301 g/mol. The van der Waals surface area contributed by atoms with Gasteiger partial charge in [0.1, 0.15) is 0 Å². The van der Waals surface area contributed by atoms with Crippen molar-refractivity contribution in [3.8, 4) is 0 Å². The molecule has 0 aliphatic carbocycles. The van der Waals surface area contributed by atoms with E-state index >= 15 is 0 Å². The second kappa shape index (κ2) is 7.26. The van der Waals surface area contributed by atoms with Gasteiger partial charge in [0.25, 0.3) is 0 Å². The summed E-state index contributed by atoms with van der Waals surface area (Å²) in [6.07, 6.45) is -1.90. The second-order valence-corrected chi connectivity index (χ2v) is 4.98. The third-order valence-corrected chi connectivity index (χ3v) is 2.95. The SMILES string of the molecule is CC(C)N(Cc1ccccc1C=CC(=O)O)CC(F)(F)F. The highest BCUT2D eigenvalue weighted by molar-refractivity contribution is 5.85. The number of carboxylic acids is 1. The number of alkyl halides is 3. The van der Waals surface area contributed by atoms with E-state index in [-0.39, 0.29) is 12.6 Å². The molecule has 0 atom stereocenters. The van der Waals surface area contributed by atoms with Crippen LogP contribution in [-0.2, 0) is 11.3 Å². The van der Waals surface area contributed by atoms with Crippen molar-refractivity contribution in [2.45, 2.75) is 32.6 Å². The van der Waals surface area contributed by atoms with Gasteiger partial charge in [-0.25, -0.2) is 4.79 Å². The Morgan fingerprint density at radius 3 is 2.48 bits per heavy atom. The summed E-state index contributed by atoms with van der Waals surface area (Å²) in [7, 11) is 0. The van der Waals surface area contributed by atoms with Crippen molar-refractivity contribution in [1.82, 2.24) is 4.90 Å². The molecule has 0 amide bonds. The van der Waals surface area contributed by atoms with E-state index in [0.717, 1.165) is 6.08 Å². The molecule has 0 heterocycles. The van der Waals surface area contributed by atoms with Gasteiger partial charge in [-0.1, -0.05) is 24.3 Å². The Morgan fingerprint density at radius 1 is 1.33 bits per heavy atom. The summed E-state index contributed by atoms with van der Waals surface area (Å²) in [6.45, 7) is 2.50. The summed E-state index contributed by atoms with van der Waals surface area (Å²) in [5.74, 6) is -1.10. The molecule has 0 saturated heterocycles. The van der Waals surface area contributed by atoms with E-state index in [1.165, 1.54) is 11.0 Å². The van der Waals surface area contributed by atoms with Crippen LogP contribution < -0.4 is 0 Å². The van der Waals surface area contributed by atoms with Crippen molar-refractivity contribution in [2.24, 2.45) is 0 Å². The van der Waals surface area contributed by atoms with E-state index in [9.17, 15) is 18.0 Å². The van der Waals surface area contributed by atoms with Gasteiger partial charge in [0.15, 0.2) is 0 Å². The molecule has 3 nitrogen and oxygen atoms in total. The van der Waals surface area contributed by atoms with Crippen LogP contribution in [0, 0.1) is 0 Å². The first kappa shape index (κ1) is 17.2. The average Bonchev–Trinajstić information content (AvgIpc) is 2.35. The number of hydrogen-bond acceptors (Lipinski definition) is 2. The topological polar surface area (TPSA) is 40.5 Å². The number of carboxylic acid groups (broad SMARTS) is 1. The number of carbonyl (C=O) groups is 1. The zero-order valence-electron chi connectivity index (χ0n) is 11.9. The normalized spacial score (nSPS) is 12.5. The van der Waals surface area contributed by atoms with E-state index in [4.69, 9.17) is 5.11 Å². The molecule has 0 fully saturated rings. The lowest BCUT2D eigenvalue weighted by Crippen LogP contribution is -2.38. The molecule has 6 heteroatoms. The van der Waals surface area contributed by atoms with Crippen LogP contribution in [0.1, 0.15) is 25.0 Å². The summed E-state index contributed by atoms with van der Waals surface area (Å²) in [6, 6.07) is 6.55. The van der Waals surface area contributed by atoms with Crippen LogP contribution in [0.4, 0.5) is 13.2 Å². The number of nitrogens with zero attached hydrogens (tertiary/aromatic N) is 1.